The van der Waals surface area contributed by atoms with E-state index in [1.165, 1.54) is 0 Å². The van der Waals surface area contributed by atoms with Crippen molar-refractivity contribution in [2.45, 2.75) is 19.3 Å². The van der Waals surface area contributed by atoms with Crippen LogP contribution >= 0.6 is 0 Å². The molecule has 0 amide bonds. The third kappa shape index (κ3) is 1.73. The summed E-state index contributed by atoms with van der Waals surface area (Å²) in [6, 6.07) is 0. The Morgan fingerprint density at radius 3 is 2.62 bits per heavy atom. The molecule has 0 saturated carbocycles. The predicted octanol–water partition coefficient (Wildman–Crippen LogP) is -0.0628. The number of aryl methyl sites for hydroxylation is 2. The minimum absolute atomic E-state index is 0.0516. The van der Waals surface area contributed by atoms with E-state index in [-0.39, 0.29) is 12.0 Å². The maximum Gasteiger partial charge on any atom is 0.0632 e. The number of hydrogen-bond donors (Lipinski definition) is 2. The van der Waals surface area contributed by atoms with Gasteiger partial charge in [-0.25, -0.2) is 0 Å². The number of nitrogens with two attached hydrogens (primary N) is 1. The molecule has 3 N–H and O–H groups in total. The van der Waals surface area contributed by atoms with Crippen molar-refractivity contribution in [3.63, 3.8) is 0 Å². The van der Waals surface area contributed by atoms with Gasteiger partial charge in [0.25, 0.3) is 0 Å². The molecule has 1 rings (SSSR count). The van der Waals surface area contributed by atoms with Crippen LogP contribution in [0.2, 0.25) is 0 Å². The summed E-state index contributed by atoms with van der Waals surface area (Å²) in [6.45, 7) is 4.35. The molecule has 1 aromatic heterocycles. The van der Waals surface area contributed by atoms with E-state index in [1.54, 1.807) is 4.68 Å². The van der Waals surface area contributed by atoms with E-state index >= 15 is 0 Å². The Morgan fingerprint density at radius 1 is 1.69 bits per heavy atom. The first-order valence-electron chi connectivity index (χ1n) is 4.35. The summed E-state index contributed by atoms with van der Waals surface area (Å²) >= 11 is 0. The Balaban J connectivity index is 3.11. The number of aliphatic hydroxyl groups is 1. The number of aliphatic hydroxyl groups excluding tert-OH is 1. The fraction of sp³-hybridized carbons (Fsp3) is 0.667. The zero-order valence-corrected chi connectivity index (χ0v) is 8.41. The van der Waals surface area contributed by atoms with Crippen molar-refractivity contribution in [2.24, 2.45) is 12.8 Å². The second-order valence-corrected chi connectivity index (χ2v) is 3.72. The van der Waals surface area contributed by atoms with Gasteiger partial charge in [0.05, 0.1) is 12.3 Å². The molecule has 1 unspecified atom stereocenters. The van der Waals surface area contributed by atoms with E-state index in [0.717, 1.165) is 11.3 Å². The highest BCUT2D eigenvalue weighted by Crippen LogP contribution is 2.24. The standard InChI is InChI=1S/C9H17N3O/c1-7-8(4-12(3)11-7)9(2,5-10)6-13/h4,13H,5-6,10H2,1-3H3. The largest absolute Gasteiger partial charge is 0.395 e. The lowest BCUT2D eigenvalue weighted by molar-refractivity contribution is 0.209. The lowest BCUT2D eigenvalue weighted by Crippen LogP contribution is -2.35. The minimum atomic E-state index is -0.363. The number of hydrogen-bond acceptors (Lipinski definition) is 3. The molecule has 0 bridgehead atoms. The molecule has 0 aliphatic rings. The molecule has 1 atom stereocenters. The number of rotatable bonds is 3. The molecule has 0 aliphatic heterocycles. The molecule has 1 aromatic rings. The van der Waals surface area contributed by atoms with Gasteiger partial charge in [-0.2, -0.15) is 5.10 Å². The molecule has 1 heterocycles. The van der Waals surface area contributed by atoms with Crippen molar-refractivity contribution in [1.82, 2.24) is 9.78 Å². The quantitative estimate of drug-likeness (QED) is 0.690. The molecule has 74 valence electrons. The minimum Gasteiger partial charge on any atom is -0.395 e. The van der Waals surface area contributed by atoms with E-state index in [9.17, 15) is 5.11 Å². The summed E-state index contributed by atoms with van der Waals surface area (Å²) in [6.07, 6.45) is 1.92. The highest BCUT2D eigenvalue weighted by atomic mass is 16.3. The Bertz CT molecular complexity index is 289. The van der Waals surface area contributed by atoms with Crippen molar-refractivity contribution in [1.29, 1.82) is 0 Å². The molecule has 13 heavy (non-hydrogen) atoms. The van der Waals surface area contributed by atoms with E-state index in [1.807, 2.05) is 27.1 Å². The van der Waals surface area contributed by atoms with Gasteiger partial charge in [0.15, 0.2) is 0 Å². The average Bonchev–Trinajstić information content (AvgIpc) is 2.44. The SMILES string of the molecule is Cc1nn(C)cc1C(C)(CN)CO. The second kappa shape index (κ2) is 3.47. The summed E-state index contributed by atoms with van der Waals surface area (Å²) in [4.78, 5) is 0. The third-order valence-electron chi connectivity index (χ3n) is 2.46. The summed E-state index contributed by atoms with van der Waals surface area (Å²) in [5.41, 5.74) is 7.23. The highest BCUT2D eigenvalue weighted by molar-refractivity contribution is 5.26. The Kier molecular flexibility index (Phi) is 2.73. The zero-order valence-electron chi connectivity index (χ0n) is 8.41. The topological polar surface area (TPSA) is 64.1 Å². The summed E-state index contributed by atoms with van der Waals surface area (Å²) < 4.78 is 1.74. The van der Waals surface area contributed by atoms with E-state index in [0.29, 0.717) is 6.54 Å². The molecule has 0 spiro atoms. The van der Waals surface area contributed by atoms with Gasteiger partial charge in [-0.3, -0.25) is 4.68 Å². The summed E-state index contributed by atoms with van der Waals surface area (Å²) in [5, 5.41) is 13.5. The molecular weight excluding hydrogens is 166 g/mol. The Morgan fingerprint density at radius 2 is 2.31 bits per heavy atom. The first kappa shape index (κ1) is 10.2. The molecular formula is C9H17N3O. The third-order valence-corrected chi connectivity index (χ3v) is 2.46. The maximum atomic E-state index is 9.26. The van der Waals surface area contributed by atoms with Crippen molar-refractivity contribution in [3.05, 3.63) is 17.5 Å². The van der Waals surface area contributed by atoms with Gasteiger partial charge < -0.3 is 10.8 Å². The van der Waals surface area contributed by atoms with Crippen LogP contribution in [0.5, 0.6) is 0 Å². The van der Waals surface area contributed by atoms with Crippen LogP contribution in [0, 0.1) is 6.92 Å². The van der Waals surface area contributed by atoms with Crippen LogP contribution in [-0.2, 0) is 12.5 Å². The lowest BCUT2D eigenvalue weighted by Gasteiger charge is -2.24. The smallest absolute Gasteiger partial charge is 0.0632 e. The van der Waals surface area contributed by atoms with Crippen LogP contribution < -0.4 is 5.73 Å². The second-order valence-electron chi connectivity index (χ2n) is 3.72. The fourth-order valence-electron chi connectivity index (χ4n) is 1.45. The summed E-state index contributed by atoms with van der Waals surface area (Å²) in [5.74, 6) is 0. The molecule has 0 radical (unpaired) electrons. The van der Waals surface area contributed by atoms with Crippen LogP contribution in [-0.4, -0.2) is 28.0 Å². The zero-order chi connectivity index (χ0) is 10.1. The van der Waals surface area contributed by atoms with Crippen LogP contribution in [0.3, 0.4) is 0 Å². The molecule has 0 aromatic carbocycles. The van der Waals surface area contributed by atoms with Gasteiger partial charge in [-0.1, -0.05) is 6.92 Å². The van der Waals surface area contributed by atoms with E-state index in [2.05, 4.69) is 5.10 Å². The van der Waals surface area contributed by atoms with Gasteiger partial charge in [0.1, 0.15) is 0 Å². The normalized spacial score (nSPS) is 15.8. The van der Waals surface area contributed by atoms with Crippen LogP contribution in [0.25, 0.3) is 0 Å². The molecule has 4 nitrogen and oxygen atoms in total. The van der Waals surface area contributed by atoms with Gasteiger partial charge in [-0.05, 0) is 6.92 Å². The van der Waals surface area contributed by atoms with Crippen molar-refractivity contribution < 1.29 is 5.11 Å². The Labute approximate surface area is 78.4 Å². The Hall–Kier alpha value is -0.870. The first-order chi connectivity index (χ1) is 6.03. The number of aromatic nitrogens is 2. The van der Waals surface area contributed by atoms with Crippen LogP contribution in [0.1, 0.15) is 18.2 Å². The van der Waals surface area contributed by atoms with Gasteiger partial charge in [0, 0.05) is 30.8 Å². The molecule has 4 heteroatoms. The van der Waals surface area contributed by atoms with Gasteiger partial charge in [-0.15, -0.1) is 0 Å². The van der Waals surface area contributed by atoms with Crippen LogP contribution in [0.15, 0.2) is 6.20 Å². The lowest BCUT2D eigenvalue weighted by atomic mass is 9.84. The number of nitrogens with zero attached hydrogens (tertiary/aromatic N) is 2. The molecule has 0 fully saturated rings. The highest BCUT2D eigenvalue weighted by Gasteiger charge is 2.27. The monoisotopic (exact) mass is 183 g/mol. The molecule has 0 saturated heterocycles. The predicted molar refractivity (Wildman–Crippen MR) is 51.4 cm³/mol. The average molecular weight is 183 g/mol. The van der Waals surface area contributed by atoms with Crippen molar-refractivity contribution >= 4 is 0 Å². The maximum absolute atomic E-state index is 9.26. The van der Waals surface area contributed by atoms with Crippen molar-refractivity contribution in [3.8, 4) is 0 Å². The van der Waals surface area contributed by atoms with Crippen LogP contribution in [0.4, 0.5) is 0 Å². The van der Waals surface area contributed by atoms with Gasteiger partial charge in [0.2, 0.25) is 0 Å². The molecule has 0 aliphatic carbocycles. The summed E-state index contributed by atoms with van der Waals surface area (Å²) in [7, 11) is 1.87. The first-order valence-corrected chi connectivity index (χ1v) is 4.35. The fourth-order valence-corrected chi connectivity index (χ4v) is 1.45. The van der Waals surface area contributed by atoms with E-state index < -0.39 is 0 Å². The van der Waals surface area contributed by atoms with Crippen molar-refractivity contribution in [2.75, 3.05) is 13.2 Å². The van der Waals surface area contributed by atoms with E-state index in [4.69, 9.17) is 5.73 Å². The van der Waals surface area contributed by atoms with Gasteiger partial charge >= 0.3 is 0 Å².